The van der Waals surface area contributed by atoms with E-state index in [9.17, 15) is 4.79 Å². The van der Waals surface area contributed by atoms with Gasteiger partial charge in [-0.3, -0.25) is 0 Å². The van der Waals surface area contributed by atoms with Crippen LogP contribution in [0.4, 0.5) is 0 Å². The van der Waals surface area contributed by atoms with Crippen LogP contribution in [0.3, 0.4) is 0 Å². The zero-order chi connectivity index (χ0) is 7.98. The minimum absolute atomic E-state index is 0.135. The Hall–Kier alpha value is -0.610. The minimum Gasteiger partial charge on any atom is -0.393 e. The SMILES string of the molecule is CCCC(O)CC(=O)OO. The van der Waals surface area contributed by atoms with Crippen molar-refractivity contribution in [2.24, 2.45) is 0 Å². The maximum absolute atomic E-state index is 10.3. The molecule has 2 N–H and O–H groups in total. The highest BCUT2D eigenvalue weighted by Crippen LogP contribution is 2.01. The van der Waals surface area contributed by atoms with Crippen LogP contribution in [0.15, 0.2) is 0 Å². The third-order valence-electron chi connectivity index (χ3n) is 1.13. The molecule has 4 nitrogen and oxygen atoms in total. The van der Waals surface area contributed by atoms with Gasteiger partial charge in [0, 0.05) is 0 Å². The molecular formula is C6H12O4. The Labute approximate surface area is 59.4 Å². The zero-order valence-electron chi connectivity index (χ0n) is 5.91. The molecule has 0 saturated heterocycles. The number of hydrogen-bond acceptors (Lipinski definition) is 4. The van der Waals surface area contributed by atoms with Crippen molar-refractivity contribution in [2.45, 2.75) is 32.3 Å². The van der Waals surface area contributed by atoms with E-state index in [0.717, 1.165) is 6.42 Å². The number of aliphatic hydroxyl groups excluding tert-OH is 1. The van der Waals surface area contributed by atoms with E-state index in [0.29, 0.717) is 6.42 Å². The van der Waals surface area contributed by atoms with Gasteiger partial charge in [-0.15, -0.1) is 0 Å². The van der Waals surface area contributed by atoms with Gasteiger partial charge in [0.1, 0.15) is 0 Å². The van der Waals surface area contributed by atoms with Crippen molar-refractivity contribution in [3.05, 3.63) is 0 Å². The number of hydrogen-bond donors (Lipinski definition) is 2. The largest absolute Gasteiger partial charge is 0.393 e. The van der Waals surface area contributed by atoms with Gasteiger partial charge < -0.3 is 9.99 Å². The number of aliphatic hydroxyl groups is 1. The van der Waals surface area contributed by atoms with Crippen molar-refractivity contribution in [1.29, 1.82) is 0 Å². The highest BCUT2D eigenvalue weighted by molar-refractivity contribution is 5.69. The lowest BCUT2D eigenvalue weighted by atomic mass is 10.1. The molecule has 0 radical (unpaired) electrons. The Morgan fingerprint density at radius 2 is 2.30 bits per heavy atom. The Kier molecular flexibility index (Phi) is 4.88. The standard InChI is InChI=1S/C6H12O4/c1-2-3-5(7)4-6(8)10-9/h5,7,9H,2-4H2,1H3. The molecule has 60 valence electrons. The van der Waals surface area contributed by atoms with E-state index in [-0.39, 0.29) is 6.42 Å². The van der Waals surface area contributed by atoms with Crippen LogP contribution in [0.5, 0.6) is 0 Å². The molecule has 0 heterocycles. The van der Waals surface area contributed by atoms with Gasteiger partial charge in [-0.2, -0.15) is 5.26 Å². The molecule has 0 aromatic carbocycles. The Balaban J connectivity index is 3.37. The fourth-order valence-corrected chi connectivity index (χ4v) is 0.665. The predicted molar refractivity (Wildman–Crippen MR) is 34.3 cm³/mol. The van der Waals surface area contributed by atoms with Crippen LogP contribution in [0.1, 0.15) is 26.2 Å². The molecule has 0 fully saturated rings. The minimum atomic E-state index is -0.791. The van der Waals surface area contributed by atoms with Crippen LogP contribution in [0, 0.1) is 0 Å². The van der Waals surface area contributed by atoms with Crippen LogP contribution in [0.2, 0.25) is 0 Å². The van der Waals surface area contributed by atoms with Gasteiger partial charge >= 0.3 is 5.97 Å². The Bertz CT molecular complexity index is 102. The molecule has 0 aliphatic rings. The first-order valence-electron chi connectivity index (χ1n) is 3.23. The van der Waals surface area contributed by atoms with Crippen LogP contribution in [-0.2, 0) is 9.68 Å². The molecule has 0 bridgehead atoms. The summed E-state index contributed by atoms with van der Waals surface area (Å²) in [5.74, 6) is -0.791. The smallest absolute Gasteiger partial charge is 0.344 e. The lowest BCUT2D eigenvalue weighted by molar-refractivity contribution is -0.236. The van der Waals surface area contributed by atoms with Crippen molar-refractivity contribution in [3.8, 4) is 0 Å². The van der Waals surface area contributed by atoms with Crippen LogP contribution in [-0.4, -0.2) is 22.4 Å². The summed E-state index contributed by atoms with van der Waals surface area (Å²) in [6.07, 6.45) is 0.531. The summed E-state index contributed by atoms with van der Waals surface area (Å²) in [6.45, 7) is 1.90. The molecule has 0 aliphatic heterocycles. The van der Waals surface area contributed by atoms with Crippen LogP contribution >= 0.6 is 0 Å². The fourth-order valence-electron chi connectivity index (χ4n) is 0.665. The predicted octanol–water partition coefficient (Wildman–Crippen LogP) is 0.554. The van der Waals surface area contributed by atoms with Gasteiger partial charge in [-0.25, -0.2) is 4.79 Å². The number of carbonyl (C=O) groups excluding carboxylic acids is 1. The summed E-state index contributed by atoms with van der Waals surface area (Å²) in [5.41, 5.74) is 0. The van der Waals surface area contributed by atoms with E-state index < -0.39 is 12.1 Å². The lowest BCUT2D eigenvalue weighted by Crippen LogP contribution is -2.14. The molecule has 0 amide bonds. The fraction of sp³-hybridized carbons (Fsp3) is 0.833. The molecule has 1 unspecified atom stereocenters. The summed E-state index contributed by atoms with van der Waals surface area (Å²) in [4.78, 5) is 13.6. The van der Waals surface area contributed by atoms with Crippen molar-refractivity contribution < 1.29 is 20.0 Å². The summed E-state index contributed by atoms with van der Waals surface area (Å²) in [7, 11) is 0. The van der Waals surface area contributed by atoms with Gasteiger partial charge in [-0.05, 0) is 6.42 Å². The molecule has 0 rings (SSSR count). The lowest BCUT2D eigenvalue weighted by Gasteiger charge is -2.04. The number of carbonyl (C=O) groups is 1. The quantitative estimate of drug-likeness (QED) is 0.451. The molecule has 1 atom stereocenters. The van der Waals surface area contributed by atoms with Crippen molar-refractivity contribution >= 4 is 5.97 Å². The van der Waals surface area contributed by atoms with E-state index in [2.05, 4.69) is 4.89 Å². The third-order valence-corrected chi connectivity index (χ3v) is 1.13. The molecule has 0 aromatic rings. The monoisotopic (exact) mass is 148 g/mol. The second kappa shape index (κ2) is 5.20. The Morgan fingerprint density at radius 3 is 2.70 bits per heavy atom. The normalized spacial score (nSPS) is 12.7. The van der Waals surface area contributed by atoms with E-state index in [4.69, 9.17) is 10.4 Å². The first-order valence-corrected chi connectivity index (χ1v) is 3.23. The summed E-state index contributed by atoms with van der Waals surface area (Å²) in [5, 5.41) is 16.7. The van der Waals surface area contributed by atoms with Gasteiger partial charge in [0.15, 0.2) is 0 Å². The summed E-state index contributed by atoms with van der Waals surface area (Å²) in [6, 6.07) is 0. The maximum Gasteiger partial charge on any atom is 0.344 e. The zero-order valence-corrected chi connectivity index (χ0v) is 5.91. The number of rotatable bonds is 4. The second-order valence-electron chi connectivity index (χ2n) is 2.11. The van der Waals surface area contributed by atoms with Crippen LogP contribution in [0.25, 0.3) is 0 Å². The molecule has 0 saturated carbocycles. The average Bonchev–Trinajstić information content (AvgIpc) is 1.88. The van der Waals surface area contributed by atoms with E-state index in [1.165, 1.54) is 0 Å². The molecule has 0 spiro atoms. The second-order valence-corrected chi connectivity index (χ2v) is 2.11. The van der Waals surface area contributed by atoms with Gasteiger partial charge in [0.2, 0.25) is 0 Å². The van der Waals surface area contributed by atoms with Gasteiger partial charge in [0.25, 0.3) is 0 Å². The van der Waals surface area contributed by atoms with Crippen LogP contribution < -0.4 is 0 Å². The van der Waals surface area contributed by atoms with Crippen molar-refractivity contribution in [2.75, 3.05) is 0 Å². The van der Waals surface area contributed by atoms with E-state index >= 15 is 0 Å². The molecule has 0 aromatic heterocycles. The highest BCUT2D eigenvalue weighted by Gasteiger charge is 2.09. The van der Waals surface area contributed by atoms with Crippen molar-refractivity contribution in [1.82, 2.24) is 0 Å². The maximum atomic E-state index is 10.3. The molecule has 0 aliphatic carbocycles. The highest BCUT2D eigenvalue weighted by atomic mass is 17.1. The third kappa shape index (κ3) is 4.29. The molecule has 4 heteroatoms. The van der Waals surface area contributed by atoms with E-state index in [1.54, 1.807) is 0 Å². The van der Waals surface area contributed by atoms with E-state index in [1.807, 2.05) is 6.92 Å². The Morgan fingerprint density at radius 1 is 1.70 bits per heavy atom. The van der Waals surface area contributed by atoms with Gasteiger partial charge in [0.05, 0.1) is 12.5 Å². The first-order chi connectivity index (χ1) is 4.70. The molecule has 10 heavy (non-hydrogen) atoms. The molecular weight excluding hydrogens is 136 g/mol. The van der Waals surface area contributed by atoms with Crippen molar-refractivity contribution in [3.63, 3.8) is 0 Å². The average molecular weight is 148 g/mol. The first kappa shape index (κ1) is 9.39. The summed E-state index contributed by atoms with van der Waals surface area (Å²) < 4.78 is 0. The topological polar surface area (TPSA) is 66.8 Å². The summed E-state index contributed by atoms with van der Waals surface area (Å²) >= 11 is 0. The van der Waals surface area contributed by atoms with Gasteiger partial charge in [-0.1, -0.05) is 13.3 Å².